The van der Waals surface area contributed by atoms with Crippen molar-refractivity contribution in [1.82, 2.24) is 10.2 Å². The van der Waals surface area contributed by atoms with Gasteiger partial charge in [0, 0.05) is 13.0 Å². The summed E-state index contributed by atoms with van der Waals surface area (Å²) in [5.41, 5.74) is -1.05. The Hall–Kier alpha value is -1.46. The Balaban J connectivity index is 1.94. The maximum Gasteiger partial charge on any atom is 0.410 e. The largest absolute Gasteiger partial charge is 0.444 e. The van der Waals surface area contributed by atoms with E-state index in [0.717, 1.165) is 0 Å². The molecule has 96 valence electrons. The van der Waals surface area contributed by atoms with Gasteiger partial charge in [-0.05, 0) is 20.8 Å². The number of nitrogens with one attached hydrogen (secondary N) is 1. The molecule has 1 atom stereocenters. The van der Waals surface area contributed by atoms with Gasteiger partial charge in [0.1, 0.15) is 5.60 Å². The smallest absolute Gasteiger partial charge is 0.410 e. The van der Waals surface area contributed by atoms with Crippen molar-refractivity contribution in [1.29, 1.82) is 0 Å². The SMILES string of the molecule is CC(C)(C)OC(=O)N1CC[C@@]2(CNC(=O)O2)C1. The predicted octanol–water partition coefficient (Wildman–Crippen LogP) is 1.11. The number of ether oxygens (including phenoxy) is 2. The minimum atomic E-state index is -0.548. The van der Waals surface area contributed by atoms with Gasteiger partial charge in [0.25, 0.3) is 0 Å². The highest BCUT2D eigenvalue weighted by atomic mass is 16.6. The number of nitrogens with zero attached hydrogens (tertiary/aromatic N) is 1. The summed E-state index contributed by atoms with van der Waals surface area (Å²) in [5.74, 6) is 0. The van der Waals surface area contributed by atoms with Crippen molar-refractivity contribution in [3.8, 4) is 0 Å². The van der Waals surface area contributed by atoms with Crippen molar-refractivity contribution >= 4 is 12.2 Å². The van der Waals surface area contributed by atoms with Gasteiger partial charge in [-0.2, -0.15) is 0 Å². The van der Waals surface area contributed by atoms with Gasteiger partial charge < -0.3 is 19.7 Å². The minimum Gasteiger partial charge on any atom is -0.444 e. The number of alkyl carbamates (subject to hydrolysis) is 1. The first-order valence-electron chi connectivity index (χ1n) is 5.75. The molecule has 0 aliphatic carbocycles. The summed E-state index contributed by atoms with van der Waals surface area (Å²) in [7, 11) is 0. The van der Waals surface area contributed by atoms with Crippen LogP contribution >= 0.6 is 0 Å². The molecule has 0 unspecified atom stereocenters. The number of amides is 2. The Kier molecular flexibility index (Phi) is 2.67. The molecular formula is C11H18N2O4. The Morgan fingerprint density at radius 3 is 2.76 bits per heavy atom. The highest BCUT2D eigenvalue weighted by molar-refractivity contribution is 5.72. The van der Waals surface area contributed by atoms with E-state index in [1.54, 1.807) is 4.90 Å². The molecule has 2 rings (SSSR count). The summed E-state index contributed by atoms with van der Waals surface area (Å²) in [6, 6.07) is 0. The summed E-state index contributed by atoms with van der Waals surface area (Å²) in [4.78, 5) is 24.5. The third-order valence-corrected chi connectivity index (χ3v) is 2.83. The fourth-order valence-corrected chi connectivity index (χ4v) is 2.06. The molecule has 2 saturated heterocycles. The highest BCUT2D eigenvalue weighted by Gasteiger charge is 2.47. The lowest BCUT2D eigenvalue weighted by Crippen LogP contribution is -2.40. The number of carbonyl (C=O) groups excluding carboxylic acids is 2. The van der Waals surface area contributed by atoms with Crippen LogP contribution in [0.5, 0.6) is 0 Å². The van der Waals surface area contributed by atoms with Gasteiger partial charge in [0.2, 0.25) is 0 Å². The maximum atomic E-state index is 11.8. The molecule has 6 nitrogen and oxygen atoms in total. The molecule has 0 aromatic heterocycles. The van der Waals surface area contributed by atoms with E-state index in [-0.39, 0.29) is 6.09 Å². The fraction of sp³-hybridized carbons (Fsp3) is 0.818. The van der Waals surface area contributed by atoms with Crippen LogP contribution in [0.2, 0.25) is 0 Å². The fourth-order valence-electron chi connectivity index (χ4n) is 2.06. The van der Waals surface area contributed by atoms with Crippen LogP contribution in [0.15, 0.2) is 0 Å². The lowest BCUT2D eigenvalue weighted by atomic mass is 10.0. The Labute approximate surface area is 100 Å². The molecule has 0 radical (unpaired) electrons. The number of rotatable bonds is 0. The van der Waals surface area contributed by atoms with Crippen LogP contribution < -0.4 is 5.32 Å². The van der Waals surface area contributed by atoms with Crippen LogP contribution in [0.1, 0.15) is 27.2 Å². The van der Waals surface area contributed by atoms with Crippen LogP contribution in [0.4, 0.5) is 9.59 Å². The number of hydrogen-bond acceptors (Lipinski definition) is 4. The Morgan fingerprint density at radius 1 is 1.53 bits per heavy atom. The van der Waals surface area contributed by atoms with Gasteiger partial charge in [0.05, 0.1) is 13.1 Å². The van der Waals surface area contributed by atoms with E-state index in [4.69, 9.17) is 9.47 Å². The van der Waals surface area contributed by atoms with E-state index < -0.39 is 17.3 Å². The first-order chi connectivity index (χ1) is 7.80. The highest BCUT2D eigenvalue weighted by Crippen LogP contribution is 2.29. The Morgan fingerprint density at radius 2 is 2.24 bits per heavy atom. The summed E-state index contributed by atoms with van der Waals surface area (Å²) in [5, 5.41) is 2.62. The average molecular weight is 242 g/mol. The van der Waals surface area contributed by atoms with Gasteiger partial charge in [0.15, 0.2) is 5.60 Å². The number of likely N-dealkylation sites (tertiary alicyclic amines) is 1. The van der Waals surface area contributed by atoms with Gasteiger partial charge in [-0.1, -0.05) is 0 Å². The second-order valence-electron chi connectivity index (χ2n) is 5.58. The van der Waals surface area contributed by atoms with Crippen molar-refractivity contribution in [3.63, 3.8) is 0 Å². The molecule has 2 aliphatic heterocycles. The van der Waals surface area contributed by atoms with Gasteiger partial charge >= 0.3 is 12.2 Å². The zero-order chi connectivity index (χ0) is 12.7. The second-order valence-corrected chi connectivity index (χ2v) is 5.58. The quantitative estimate of drug-likeness (QED) is 0.690. The standard InChI is InChI=1S/C11H18N2O4/c1-10(2,3)17-9(15)13-5-4-11(7-13)6-12-8(14)16-11/h4-7H2,1-3H3,(H,12,14)/t11-/m1/s1. The maximum absolute atomic E-state index is 11.8. The van der Waals surface area contributed by atoms with E-state index in [2.05, 4.69) is 5.32 Å². The number of carbonyl (C=O) groups is 2. The first-order valence-corrected chi connectivity index (χ1v) is 5.75. The lowest BCUT2D eigenvalue weighted by Gasteiger charge is -2.25. The summed E-state index contributed by atoms with van der Waals surface area (Å²) < 4.78 is 10.5. The molecule has 1 spiro atoms. The van der Waals surface area contributed by atoms with Crippen molar-refractivity contribution in [2.75, 3.05) is 19.6 Å². The third-order valence-electron chi connectivity index (χ3n) is 2.83. The third kappa shape index (κ3) is 2.62. The molecule has 0 aromatic rings. The van der Waals surface area contributed by atoms with Crippen LogP contribution in [0.3, 0.4) is 0 Å². The van der Waals surface area contributed by atoms with Crippen LogP contribution in [0, 0.1) is 0 Å². The molecule has 0 aromatic carbocycles. The first kappa shape index (κ1) is 12.0. The molecule has 6 heteroatoms. The van der Waals surface area contributed by atoms with Crippen LogP contribution in [-0.4, -0.2) is 47.9 Å². The summed E-state index contributed by atoms with van der Waals surface area (Å²) in [6.07, 6.45) is -0.0984. The molecule has 2 heterocycles. The average Bonchev–Trinajstić information content (AvgIpc) is 2.72. The molecule has 2 fully saturated rings. The summed E-state index contributed by atoms with van der Waals surface area (Å²) >= 11 is 0. The molecule has 2 aliphatic rings. The van der Waals surface area contributed by atoms with Gasteiger partial charge in [-0.15, -0.1) is 0 Å². The topological polar surface area (TPSA) is 67.9 Å². The molecular weight excluding hydrogens is 224 g/mol. The second kappa shape index (κ2) is 3.78. The van der Waals surface area contributed by atoms with Crippen LogP contribution in [0.25, 0.3) is 0 Å². The monoisotopic (exact) mass is 242 g/mol. The predicted molar refractivity (Wildman–Crippen MR) is 59.6 cm³/mol. The van der Waals surface area contributed by atoms with Crippen molar-refractivity contribution in [2.45, 2.75) is 38.4 Å². The van der Waals surface area contributed by atoms with E-state index in [0.29, 0.717) is 26.1 Å². The van der Waals surface area contributed by atoms with Crippen molar-refractivity contribution in [3.05, 3.63) is 0 Å². The van der Waals surface area contributed by atoms with E-state index in [1.165, 1.54) is 0 Å². The number of hydrogen-bond donors (Lipinski definition) is 1. The molecule has 0 saturated carbocycles. The van der Waals surface area contributed by atoms with Crippen molar-refractivity contribution < 1.29 is 19.1 Å². The normalized spacial score (nSPS) is 28.2. The van der Waals surface area contributed by atoms with Gasteiger partial charge in [-0.3, -0.25) is 0 Å². The van der Waals surface area contributed by atoms with E-state index in [9.17, 15) is 9.59 Å². The molecule has 1 N–H and O–H groups in total. The van der Waals surface area contributed by atoms with Gasteiger partial charge in [-0.25, -0.2) is 9.59 Å². The zero-order valence-corrected chi connectivity index (χ0v) is 10.4. The molecule has 17 heavy (non-hydrogen) atoms. The van der Waals surface area contributed by atoms with E-state index >= 15 is 0 Å². The minimum absolute atomic E-state index is 0.350. The Bertz CT molecular complexity index is 350. The molecule has 0 bridgehead atoms. The van der Waals surface area contributed by atoms with Crippen molar-refractivity contribution in [2.24, 2.45) is 0 Å². The van der Waals surface area contributed by atoms with E-state index in [1.807, 2.05) is 20.8 Å². The summed E-state index contributed by atoms with van der Waals surface area (Å²) in [6.45, 7) is 6.91. The van der Waals surface area contributed by atoms with Crippen LogP contribution in [-0.2, 0) is 9.47 Å². The molecule has 2 amide bonds. The zero-order valence-electron chi connectivity index (χ0n) is 10.4. The lowest BCUT2D eigenvalue weighted by molar-refractivity contribution is 0.0200.